The van der Waals surface area contributed by atoms with Crippen molar-refractivity contribution in [3.63, 3.8) is 0 Å². The van der Waals surface area contributed by atoms with Gasteiger partial charge >= 0.3 is 6.03 Å². The Kier molecular flexibility index (Phi) is 4.96. The van der Waals surface area contributed by atoms with Gasteiger partial charge in [-0.3, -0.25) is 14.9 Å². The molecule has 2 unspecified atom stereocenters. The number of carbonyl (C=O) groups excluding carboxylic acids is 3. The van der Waals surface area contributed by atoms with Gasteiger partial charge in [0.1, 0.15) is 18.4 Å². The van der Waals surface area contributed by atoms with Gasteiger partial charge in [-0.25, -0.2) is 4.79 Å². The maximum Gasteiger partial charge on any atom is 0.322 e. The Labute approximate surface area is 169 Å². The van der Waals surface area contributed by atoms with E-state index in [2.05, 4.69) is 10.6 Å². The fraction of sp³-hybridized carbons (Fsp3) is 0.318. The van der Waals surface area contributed by atoms with Gasteiger partial charge in [0.25, 0.3) is 5.91 Å². The van der Waals surface area contributed by atoms with Crippen LogP contribution in [-0.2, 0) is 21.6 Å². The van der Waals surface area contributed by atoms with Crippen LogP contribution in [0.15, 0.2) is 54.6 Å². The molecule has 2 aromatic rings. The average Bonchev–Trinajstić information content (AvgIpc) is 3.21. The number of rotatable bonds is 6. The van der Waals surface area contributed by atoms with Crippen molar-refractivity contribution in [2.45, 2.75) is 31.4 Å². The zero-order valence-electron chi connectivity index (χ0n) is 16.2. The van der Waals surface area contributed by atoms with Crippen molar-refractivity contribution in [1.29, 1.82) is 0 Å². The monoisotopic (exact) mass is 393 g/mol. The minimum atomic E-state index is -0.692. The third kappa shape index (κ3) is 3.81. The fourth-order valence-corrected chi connectivity index (χ4v) is 3.83. The lowest BCUT2D eigenvalue weighted by molar-refractivity contribution is -0.132. The summed E-state index contributed by atoms with van der Waals surface area (Å²) in [4.78, 5) is 37.7. The molecule has 2 saturated heterocycles. The number of hydrogen-bond donors (Lipinski definition) is 2. The zero-order valence-corrected chi connectivity index (χ0v) is 16.2. The highest BCUT2D eigenvalue weighted by Crippen LogP contribution is 2.36. The Morgan fingerprint density at radius 3 is 2.45 bits per heavy atom. The largest absolute Gasteiger partial charge is 0.489 e. The summed E-state index contributed by atoms with van der Waals surface area (Å²) < 4.78 is 5.82. The number of carbonyl (C=O) groups is 3. The van der Waals surface area contributed by atoms with E-state index in [-0.39, 0.29) is 12.5 Å². The highest BCUT2D eigenvalue weighted by molar-refractivity contribution is 6.04. The smallest absolute Gasteiger partial charge is 0.322 e. The van der Waals surface area contributed by atoms with Crippen molar-refractivity contribution < 1.29 is 19.1 Å². The summed E-state index contributed by atoms with van der Waals surface area (Å²) in [7, 11) is 0. The molecule has 2 atom stereocenters. The average molecular weight is 393 g/mol. The van der Waals surface area contributed by atoms with E-state index in [1.807, 2.05) is 61.5 Å². The molecular weight excluding hydrogens is 370 g/mol. The Morgan fingerprint density at radius 1 is 1.07 bits per heavy atom. The predicted molar refractivity (Wildman–Crippen MR) is 106 cm³/mol. The van der Waals surface area contributed by atoms with Crippen LogP contribution < -0.4 is 15.4 Å². The lowest BCUT2D eigenvalue weighted by atomic mass is 9.81. The number of nitrogens with one attached hydrogen (secondary N) is 2. The SMILES string of the molecule is CC1(c2ccc(OCc3ccccc3)cc2)CCN(CC2NC(=O)NC2=O)C1=O. The van der Waals surface area contributed by atoms with Gasteiger partial charge in [-0.2, -0.15) is 0 Å². The molecule has 2 N–H and O–H groups in total. The van der Waals surface area contributed by atoms with Crippen LogP contribution in [0.2, 0.25) is 0 Å². The van der Waals surface area contributed by atoms with Crippen molar-refractivity contribution in [3.8, 4) is 5.75 Å². The molecule has 0 bridgehead atoms. The second-order valence-corrected chi connectivity index (χ2v) is 7.65. The lowest BCUT2D eigenvalue weighted by Crippen LogP contribution is -2.45. The maximum absolute atomic E-state index is 13.0. The van der Waals surface area contributed by atoms with Crippen molar-refractivity contribution >= 4 is 17.8 Å². The van der Waals surface area contributed by atoms with Crippen LogP contribution in [0, 0.1) is 0 Å². The van der Waals surface area contributed by atoms with E-state index in [4.69, 9.17) is 4.74 Å². The van der Waals surface area contributed by atoms with Crippen LogP contribution in [0.1, 0.15) is 24.5 Å². The Hall–Kier alpha value is -3.35. The molecule has 2 aliphatic heterocycles. The third-order valence-electron chi connectivity index (χ3n) is 5.64. The molecular formula is C22H23N3O4. The van der Waals surface area contributed by atoms with E-state index in [9.17, 15) is 14.4 Å². The Bertz CT molecular complexity index is 929. The van der Waals surface area contributed by atoms with E-state index in [0.717, 1.165) is 16.9 Å². The van der Waals surface area contributed by atoms with Gasteiger partial charge < -0.3 is 15.0 Å². The zero-order chi connectivity index (χ0) is 20.4. The summed E-state index contributed by atoms with van der Waals surface area (Å²) in [6.07, 6.45) is 0.651. The Morgan fingerprint density at radius 2 is 1.79 bits per heavy atom. The first-order valence-corrected chi connectivity index (χ1v) is 9.64. The number of ether oxygens (including phenoxy) is 1. The summed E-state index contributed by atoms with van der Waals surface area (Å²) in [5.74, 6) is 0.314. The number of nitrogens with zero attached hydrogens (tertiary/aromatic N) is 1. The fourth-order valence-electron chi connectivity index (χ4n) is 3.83. The van der Waals surface area contributed by atoms with Gasteiger partial charge in [-0.05, 0) is 36.6 Å². The van der Waals surface area contributed by atoms with Crippen LogP contribution >= 0.6 is 0 Å². The van der Waals surface area contributed by atoms with E-state index in [1.54, 1.807) is 4.90 Å². The molecule has 2 fully saturated rings. The summed E-state index contributed by atoms with van der Waals surface area (Å²) in [6.45, 7) is 3.13. The highest BCUT2D eigenvalue weighted by atomic mass is 16.5. The van der Waals surface area contributed by atoms with Gasteiger partial charge in [-0.1, -0.05) is 42.5 Å². The number of benzene rings is 2. The van der Waals surface area contributed by atoms with E-state index >= 15 is 0 Å². The molecule has 2 aliphatic rings. The molecule has 7 nitrogen and oxygen atoms in total. The predicted octanol–water partition coefficient (Wildman–Crippen LogP) is 1.96. The van der Waals surface area contributed by atoms with E-state index in [0.29, 0.717) is 19.6 Å². The van der Waals surface area contributed by atoms with Gasteiger partial charge in [0.05, 0.1) is 5.41 Å². The van der Waals surface area contributed by atoms with Gasteiger partial charge in [0.2, 0.25) is 5.91 Å². The van der Waals surface area contributed by atoms with Crippen LogP contribution in [0.4, 0.5) is 4.79 Å². The van der Waals surface area contributed by atoms with Gasteiger partial charge in [0, 0.05) is 13.1 Å². The second kappa shape index (κ2) is 7.58. The molecule has 150 valence electrons. The molecule has 0 radical (unpaired) electrons. The normalized spacial score (nSPS) is 23.8. The van der Waals surface area contributed by atoms with Crippen LogP contribution in [-0.4, -0.2) is 41.9 Å². The lowest BCUT2D eigenvalue weighted by Gasteiger charge is -2.25. The number of imide groups is 1. The molecule has 7 heteroatoms. The summed E-state index contributed by atoms with van der Waals surface area (Å²) in [6, 6.07) is 16.3. The maximum atomic E-state index is 13.0. The van der Waals surface area contributed by atoms with Crippen molar-refractivity contribution in [3.05, 3.63) is 65.7 Å². The molecule has 2 heterocycles. The topological polar surface area (TPSA) is 87.7 Å². The first-order chi connectivity index (χ1) is 14.0. The molecule has 0 aromatic heterocycles. The minimum Gasteiger partial charge on any atom is -0.489 e. The summed E-state index contributed by atoms with van der Waals surface area (Å²) in [5.41, 5.74) is 1.35. The first kappa shape index (κ1) is 19.0. The second-order valence-electron chi connectivity index (χ2n) is 7.65. The molecule has 29 heavy (non-hydrogen) atoms. The molecule has 0 aliphatic carbocycles. The minimum absolute atomic E-state index is 0.0376. The van der Waals surface area contributed by atoms with Crippen LogP contribution in [0.3, 0.4) is 0 Å². The van der Waals surface area contributed by atoms with Gasteiger partial charge in [-0.15, -0.1) is 0 Å². The molecule has 2 aromatic carbocycles. The summed E-state index contributed by atoms with van der Waals surface area (Å²) in [5, 5.41) is 4.74. The molecule has 0 saturated carbocycles. The first-order valence-electron chi connectivity index (χ1n) is 9.64. The van der Waals surface area contributed by atoms with E-state index in [1.165, 1.54) is 0 Å². The number of urea groups is 1. The number of likely N-dealkylation sites (tertiary alicyclic amines) is 1. The molecule has 4 amide bonds. The van der Waals surface area contributed by atoms with Crippen molar-refractivity contribution in [1.82, 2.24) is 15.5 Å². The van der Waals surface area contributed by atoms with Crippen molar-refractivity contribution in [2.75, 3.05) is 13.1 Å². The molecule has 0 spiro atoms. The van der Waals surface area contributed by atoms with E-state index < -0.39 is 23.4 Å². The summed E-state index contributed by atoms with van der Waals surface area (Å²) >= 11 is 0. The third-order valence-corrected chi connectivity index (χ3v) is 5.64. The number of amides is 4. The van der Waals surface area contributed by atoms with Crippen LogP contribution in [0.25, 0.3) is 0 Å². The van der Waals surface area contributed by atoms with Crippen molar-refractivity contribution in [2.24, 2.45) is 0 Å². The van der Waals surface area contributed by atoms with Crippen LogP contribution in [0.5, 0.6) is 5.75 Å². The number of hydrogen-bond acceptors (Lipinski definition) is 4. The standard InChI is InChI=1S/C22H23N3O4/c1-22(11-12-25(20(22)27)13-18-19(26)24-21(28)23-18)16-7-9-17(10-8-16)29-14-15-5-3-2-4-6-15/h2-10,18H,11-14H2,1H3,(H2,23,24,26,28). The molecule has 4 rings (SSSR count). The highest BCUT2D eigenvalue weighted by Gasteiger charge is 2.45. The Balaban J connectivity index is 1.40. The van der Waals surface area contributed by atoms with Gasteiger partial charge in [0.15, 0.2) is 0 Å². The quantitative estimate of drug-likeness (QED) is 0.735.